The molecule has 3 rings (SSSR count). The van der Waals surface area contributed by atoms with E-state index in [1.807, 2.05) is 30.5 Å². The number of amides is 1. The van der Waals surface area contributed by atoms with Gasteiger partial charge in [0, 0.05) is 43.7 Å². The van der Waals surface area contributed by atoms with Gasteiger partial charge in [-0.25, -0.2) is 0 Å². The van der Waals surface area contributed by atoms with Crippen molar-refractivity contribution in [3.8, 4) is 0 Å². The van der Waals surface area contributed by atoms with Gasteiger partial charge in [-0.15, -0.1) is 0 Å². The Bertz CT molecular complexity index is 747. The molecule has 5 nitrogen and oxygen atoms in total. The van der Waals surface area contributed by atoms with Gasteiger partial charge < -0.3 is 9.64 Å². The highest BCUT2D eigenvalue weighted by Crippen LogP contribution is 2.24. The Morgan fingerprint density at radius 1 is 1.24 bits per heavy atom. The first-order chi connectivity index (χ1) is 12.0. The smallest absolute Gasteiger partial charge is 0.225 e. The number of nitrogens with zero attached hydrogens (tertiary/aromatic N) is 3. The highest BCUT2D eigenvalue weighted by molar-refractivity contribution is 5.78. The molecule has 1 amide bonds. The number of benzene rings is 1. The minimum absolute atomic E-state index is 0.0273. The van der Waals surface area contributed by atoms with E-state index < -0.39 is 0 Å². The number of hydrogen-bond acceptors (Lipinski definition) is 3. The lowest BCUT2D eigenvalue weighted by molar-refractivity contribution is -0.135. The van der Waals surface area contributed by atoms with Crippen molar-refractivity contribution >= 4 is 5.91 Å². The number of aromatic nitrogens is 2. The van der Waals surface area contributed by atoms with Crippen molar-refractivity contribution in [1.82, 2.24) is 14.7 Å². The first-order valence-corrected chi connectivity index (χ1v) is 8.91. The topological polar surface area (TPSA) is 47.4 Å². The zero-order valence-electron chi connectivity index (χ0n) is 15.6. The molecule has 2 aromatic rings. The van der Waals surface area contributed by atoms with Crippen LogP contribution in [0.25, 0.3) is 0 Å². The molecule has 1 aromatic heterocycles. The van der Waals surface area contributed by atoms with Gasteiger partial charge in [-0.1, -0.05) is 43.7 Å². The zero-order valence-corrected chi connectivity index (χ0v) is 15.6. The molecule has 5 heteroatoms. The van der Waals surface area contributed by atoms with Gasteiger partial charge in [-0.2, -0.15) is 5.10 Å². The molecule has 0 unspecified atom stereocenters. The third-order valence-corrected chi connectivity index (χ3v) is 4.76. The minimum Gasteiger partial charge on any atom is -0.370 e. The number of carbonyl (C=O) groups excluding carboxylic acids is 1. The van der Waals surface area contributed by atoms with Gasteiger partial charge in [-0.3, -0.25) is 9.48 Å². The summed E-state index contributed by atoms with van der Waals surface area (Å²) < 4.78 is 7.83. The lowest BCUT2D eigenvalue weighted by atomic mass is 10.0. The van der Waals surface area contributed by atoms with Crippen molar-refractivity contribution in [2.24, 2.45) is 13.0 Å². The standard InChI is InChI=1S/C20H27N3O2/c1-14(2)20(24)23-10-9-19-17(11-23)18(21-22(19)4)13-25-12-16-7-5-15(3)6-8-16/h5-8,14H,9-13H2,1-4H3. The first kappa shape index (κ1) is 17.7. The van der Waals surface area contributed by atoms with Gasteiger partial charge in [0.25, 0.3) is 0 Å². The Labute approximate surface area is 149 Å². The predicted octanol–water partition coefficient (Wildman–Crippen LogP) is 2.99. The summed E-state index contributed by atoms with van der Waals surface area (Å²) in [7, 11) is 1.97. The van der Waals surface area contributed by atoms with Crippen molar-refractivity contribution in [3.05, 3.63) is 52.3 Å². The largest absolute Gasteiger partial charge is 0.370 e. The van der Waals surface area contributed by atoms with Crippen LogP contribution in [0, 0.1) is 12.8 Å². The van der Waals surface area contributed by atoms with Crippen LogP contribution in [0.15, 0.2) is 24.3 Å². The molecule has 0 radical (unpaired) electrons. The first-order valence-electron chi connectivity index (χ1n) is 8.91. The number of ether oxygens (including phenoxy) is 1. The maximum atomic E-state index is 12.3. The molecule has 1 aromatic carbocycles. The van der Waals surface area contributed by atoms with Crippen LogP contribution in [0.3, 0.4) is 0 Å². The Balaban J connectivity index is 1.67. The van der Waals surface area contributed by atoms with E-state index in [1.165, 1.54) is 11.3 Å². The van der Waals surface area contributed by atoms with Crippen molar-refractivity contribution in [2.75, 3.05) is 6.54 Å². The van der Waals surface area contributed by atoms with Gasteiger partial charge in [0.1, 0.15) is 0 Å². The van der Waals surface area contributed by atoms with Crippen LogP contribution in [0.2, 0.25) is 0 Å². The monoisotopic (exact) mass is 341 g/mol. The fraction of sp³-hybridized carbons (Fsp3) is 0.500. The minimum atomic E-state index is 0.0273. The number of rotatable bonds is 5. The quantitative estimate of drug-likeness (QED) is 0.840. The number of hydrogen-bond donors (Lipinski definition) is 0. The fourth-order valence-electron chi connectivity index (χ4n) is 3.29. The summed E-state index contributed by atoms with van der Waals surface area (Å²) in [4.78, 5) is 14.3. The molecule has 1 aliphatic rings. The maximum absolute atomic E-state index is 12.3. The molecule has 0 aliphatic carbocycles. The highest BCUT2D eigenvalue weighted by atomic mass is 16.5. The molecule has 0 bridgehead atoms. The van der Waals surface area contributed by atoms with Gasteiger partial charge in [0.2, 0.25) is 5.91 Å². The van der Waals surface area contributed by atoms with Gasteiger partial charge in [0.15, 0.2) is 0 Å². The van der Waals surface area contributed by atoms with Crippen LogP contribution in [-0.2, 0) is 42.8 Å². The van der Waals surface area contributed by atoms with Crippen LogP contribution < -0.4 is 0 Å². The number of fused-ring (bicyclic) bond motifs is 1. The SMILES string of the molecule is Cc1ccc(COCc2nn(C)c3c2CN(C(=O)C(C)C)CC3)cc1. The molecule has 2 heterocycles. The van der Waals surface area contributed by atoms with Crippen molar-refractivity contribution in [2.45, 2.75) is 47.0 Å². The predicted molar refractivity (Wildman–Crippen MR) is 96.8 cm³/mol. The number of aryl methyl sites for hydroxylation is 2. The maximum Gasteiger partial charge on any atom is 0.225 e. The Morgan fingerprint density at radius 3 is 2.64 bits per heavy atom. The molecule has 1 aliphatic heterocycles. The molecule has 0 N–H and O–H groups in total. The van der Waals surface area contributed by atoms with E-state index in [0.29, 0.717) is 19.8 Å². The Morgan fingerprint density at radius 2 is 1.96 bits per heavy atom. The van der Waals surface area contributed by atoms with E-state index in [0.717, 1.165) is 29.8 Å². The summed E-state index contributed by atoms with van der Waals surface area (Å²) in [6.07, 6.45) is 0.856. The second-order valence-electron chi connectivity index (χ2n) is 7.14. The van der Waals surface area contributed by atoms with E-state index in [9.17, 15) is 4.79 Å². The van der Waals surface area contributed by atoms with Crippen LogP contribution in [-0.4, -0.2) is 27.1 Å². The van der Waals surface area contributed by atoms with Crippen LogP contribution in [0.4, 0.5) is 0 Å². The zero-order chi connectivity index (χ0) is 18.0. The van der Waals surface area contributed by atoms with Gasteiger partial charge >= 0.3 is 0 Å². The molecule has 25 heavy (non-hydrogen) atoms. The van der Waals surface area contributed by atoms with E-state index in [-0.39, 0.29) is 11.8 Å². The normalized spacial score (nSPS) is 14.0. The third kappa shape index (κ3) is 3.93. The summed E-state index contributed by atoms with van der Waals surface area (Å²) in [6.45, 7) is 8.44. The second-order valence-corrected chi connectivity index (χ2v) is 7.14. The molecule has 0 fully saturated rings. The highest BCUT2D eigenvalue weighted by Gasteiger charge is 2.27. The van der Waals surface area contributed by atoms with Crippen molar-refractivity contribution < 1.29 is 9.53 Å². The van der Waals surface area contributed by atoms with Crippen LogP contribution in [0.5, 0.6) is 0 Å². The molecular formula is C20H27N3O2. The Kier molecular flexibility index (Phi) is 5.23. The Hall–Kier alpha value is -2.14. The molecule has 134 valence electrons. The number of carbonyl (C=O) groups is 1. The summed E-state index contributed by atoms with van der Waals surface area (Å²) >= 11 is 0. The summed E-state index contributed by atoms with van der Waals surface area (Å²) in [5.74, 6) is 0.237. The molecule has 0 atom stereocenters. The van der Waals surface area contributed by atoms with Gasteiger partial charge in [-0.05, 0) is 12.5 Å². The molecular weight excluding hydrogens is 314 g/mol. The molecule has 0 saturated carbocycles. The van der Waals surface area contributed by atoms with Gasteiger partial charge in [0.05, 0.1) is 18.9 Å². The van der Waals surface area contributed by atoms with E-state index >= 15 is 0 Å². The summed E-state index contributed by atoms with van der Waals surface area (Å²) in [5.41, 5.74) is 5.74. The summed E-state index contributed by atoms with van der Waals surface area (Å²) in [6, 6.07) is 8.37. The van der Waals surface area contributed by atoms with E-state index in [4.69, 9.17) is 4.74 Å². The molecule has 0 spiro atoms. The average molecular weight is 341 g/mol. The van der Waals surface area contributed by atoms with Crippen molar-refractivity contribution in [1.29, 1.82) is 0 Å². The van der Waals surface area contributed by atoms with Crippen LogP contribution in [0.1, 0.15) is 41.9 Å². The summed E-state index contributed by atoms with van der Waals surface area (Å²) in [5, 5.41) is 4.63. The van der Waals surface area contributed by atoms with E-state index in [2.05, 4.69) is 36.3 Å². The third-order valence-electron chi connectivity index (χ3n) is 4.76. The lowest BCUT2D eigenvalue weighted by Gasteiger charge is -2.29. The molecule has 0 saturated heterocycles. The second kappa shape index (κ2) is 7.40. The van der Waals surface area contributed by atoms with Crippen molar-refractivity contribution in [3.63, 3.8) is 0 Å². The van der Waals surface area contributed by atoms with Crippen LogP contribution >= 0.6 is 0 Å². The van der Waals surface area contributed by atoms with E-state index in [1.54, 1.807) is 0 Å². The lowest BCUT2D eigenvalue weighted by Crippen LogP contribution is -2.38. The fourth-order valence-corrected chi connectivity index (χ4v) is 3.29. The average Bonchev–Trinajstić information content (AvgIpc) is 2.91.